The number of aliphatic carboxylic acids is 2. The van der Waals surface area contributed by atoms with Crippen LogP contribution in [0.5, 0.6) is 0 Å². The number of ether oxygens (including phenoxy) is 1. The molecule has 3 heterocycles. The summed E-state index contributed by atoms with van der Waals surface area (Å²) in [4.78, 5) is 36.7. The Labute approximate surface area is 201 Å². The Morgan fingerprint density at radius 3 is 1.97 bits per heavy atom. The minimum atomic E-state index is -5.08. The van der Waals surface area contributed by atoms with E-state index in [4.69, 9.17) is 24.5 Å². The van der Waals surface area contributed by atoms with Crippen LogP contribution in [0.1, 0.15) is 31.2 Å². The van der Waals surface area contributed by atoms with Crippen molar-refractivity contribution in [1.29, 1.82) is 0 Å². The van der Waals surface area contributed by atoms with Crippen molar-refractivity contribution in [3.05, 3.63) is 30.1 Å². The SMILES string of the molecule is O=C(NC1CCC1)C1CC2CN(Cc3ccncc3)CC1O2.O=C(O)C(F)(F)F.O=C(O)C(F)(F)F. The molecule has 202 valence electrons. The first-order chi connectivity index (χ1) is 16.7. The summed E-state index contributed by atoms with van der Waals surface area (Å²) in [5.74, 6) is -5.27. The number of aromatic nitrogens is 1. The molecule has 1 aromatic heterocycles. The van der Waals surface area contributed by atoms with Gasteiger partial charge in [-0.05, 0) is 43.4 Å². The fourth-order valence-corrected chi connectivity index (χ4v) is 3.75. The fourth-order valence-electron chi connectivity index (χ4n) is 3.75. The lowest BCUT2D eigenvalue weighted by molar-refractivity contribution is -0.193. The highest BCUT2D eigenvalue weighted by Gasteiger charge is 2.45. The van der Waals surface area contributed by atoms with Gasteiger partial charge in [-0.25, -0.2) is 9.59 Å². The van der Waals surface area contributed by atoms with Crippen molar-refractivity contribution in [1.82, 2.24) is 15.2 Å². The summed E-state index contributed by atoms with van der Waals surface area (Å²) in [6.07, 6.45) is -1.84. The van der Waals surface area contributed by atoms with E-state index in [9.17, 15) is 31.1 Å². The molecule has 4 rings (SSSR count). The summed E-state index contributed by atoms with van der Waals surface area (Å²) in [6.45, 7) is 2.68. The number of hydrogen-bond donors (Lipinski definition) is 3. The topological polar surface area (TPSA) is 129 Å². The number of nitrogens with zero attached hydrogens (tertiary/aromatic N) is 2. The lowest BCUT2D eigenvalue weighted by atomic mass is 9.91. The fraction of sp³-hybridized carbons (Fsp3) is 0.619. The summed E-state index contributed by atoms with van der Waals surface area (Å²) in [5.41, 5.74) is 1.27. The number of rotatable bonds is 4. The number of carbonyl (C=O) groups is 3. The van der Waals surface area contributed by atoms with Gasteiger partial charge in [0, 0.05) is 38.1 Å². The van der Waals surface area contributed by atoms with Gasteiger partial charge in [0.05, 0.1) is 18.1 Å². The monoisotopic (exact) mass is 529 g/mol. The number of amides is 1. The number of carboxylic acid groups (broad SMARTS) is 2. The maximum absolute atomic E-state index is 12.4. The van der Waals surface area contributed by atoms with Crippen molar-refractivity contribution in [2.45, 2.75) is 62.8 Å². The van der Waals surface area contributed by atoms with Crippen LogP contribution in [0.3, 0.4) is 0 Å². The third kappa shape index (κ3) is 9.26. The lowest BCUT2D eigenvalue weighted by Crippen LogP contribution is -2.47. The highest BCUT2D eigenvalue weighted by atomic mass is 19.4. The maximum atomic E-state index is 12.4. The molecular formula is C21H25F6N3O6. The molecule has 1 saturated carbocycles. The molecule has 15 heteroatoms. The second kappa shape index (κ2) is 12.3. The quantitative estimate of drug-likeness (QED) is 0.508. The van der Waals surface area contributed by atoms with Gasteiger partial charge in [-0.15, -0.1) is 0 Å². The largest absolute Gasteiger partial charge is 0.490 e. The summed E-state index contributed by atoms with van der Waals surface area (Å²) in [5, 5.41) is 17.4. The van der Waals surface area contributed by atoms with Crippen molar-refractivity contribution in [2.24, 2.45) is 5.92 Å². The lowest BCUT2D eigenvalue weighted by Gasteiger charge is -2.33. The van der Waals surface area contributed by atoms with Gasteiger partial charge in [0.25, 0.3) is 0 Å². The van der Waals surface area contributed by atoms with Crippen LogP contribution in [-0.2, 0) is 25.7 Å². The van der Waals surface area contributed by atoms with Gasteiger partial charge < -0.3 is 20.3 Å². The summed E-state index contributed by atoms with van der Waals surface area (Å²) >= 11 is 0. The minimum absolute atomic E-state index is 0.0352. The van der Waals surface area contributed by atoms with Crippen molar-refractivity contribution in [2.75, 3.05) is 13.1 Å². The number of hydrogen-bond acceptors (Lipinski definition) is 6. The number of likely N-dealkylation sites (tertiary alicyclic amines) is 1. The number of halogens is 6. The molecule has 0 spiro atoms. The van der Waals surface area contributed by atoms with Crippen molar-refractivity contribution >= 4 is 17.8 Å². The Hall–Kier alpha value is -2.94. The van der Waals surface area contributed by atoms with Crippen molar-refractivity contribution in [3.63, 3.8) is 0 Å². The zero-order valence-electron chi connectivity index (χ0n) is 18.8. The predicted molar refractivity (Wildman–Crippen MR) is 109 cm³/mol. The minimum Gasteiger partial charge on any atom is -0.475 e. The molecule has 1 aromatic rings. The molecule has 0 radical (unpaired) electrons. The molecule has 36 heavy (non-hydrogen) atoms. The molecule has 3 fully saturated rings. The molecular weight excluding hydrogens is 504 g/mol. The van der Waals surface area contributed by atoms with Crippen LogP contribution < -0.4 is 5.32 Å². The third-order valence-corrected chi connectivity index (χ3v) is 5.66. The normalized spacial score (nSPS) is 23.8. The first-order valence-electron chi connectivity index (χ1n) is 10.8. The molecule has 1 amide bonds. The van der Waals surface area contributed by atoms with E-state index < -0.39 is 24.3 Å². The Morgan fingerprint density at radius 1 is 1.00 bits per heavy atom. The smallest absolute Gasteiger partial charge is 0.475 e. The van der Waals surface area contributed by atoms with Crippen LogP contribution in [0.2, 0.25) is 0 Å². The molecule has 1 aliphatic carbocycles. The van der Waals surface area contributed by atoms with E-state index in [1.165, 1.54) is 12.0 Å². The Kier molecular flexibility index (Phi) is 10.0. The number of pyridine rings is 1. The number of alkyl halides is 6. The number of carbonyl (C=O) groups excluding carboxylic acids is 1. The van der Waals surface area contributed by atoms with E-state index in [0.717, 1.165) is 38.9 Å². The number of nitrogens with one attached hydrogen (secondary N) is 1. The van der Waals surface area contributed by atoms with Crippen LogP contribution in [-0.4, -0.2) is 81.6 Å². The van der Waals surface area contributed by atoms with E-state index in [0.29, 0.717) is 6.04 Å². The number of morpholine rings is 1. The predicted octanol–water partition coefficient (Wildman–Crippen LogP) is 2.61. The molecule has 2 saturated heterocycles. The number of fused-ring (bicyclic) bond motifs is 2. The third-order valence-electron chi connectivity index (χ3n) is 5.66. The molecule has 2 bridgehead atoms. The summed E-state index contributed by atoms with van der Waals surface area (Å²) < 4.78 is 69.5. The Bertz CT molecular complexity index is 870. The van der Waals surface area contributed by atoms with Crippen molar-refractivity contribution < 1.29 is 55.7 Å². The average Bonchev–Trinajstić information content (AvgIpc) is 3.05. The van der Waals surface area contributed by atoms with E-state index in [2.05, 4.69) is 27.3 Å². The first-order valence-corrected chi connectivity index (χ1v) is 10.8. The van der Waals surface area contributed by atoms with Crippen molar-refractivity contribution in [3.8, 4) is 0 Å². The van der Waals surface area contributed by atoms with Gasteiger partial charge >= 0.3 is 24.3 Å². The second-order valence-electron chi connectivity index (χ2n) is 8.43. The zero-order valence-corrected chi connectivity index (χ0v) is 18.8. The van der Waals surface area contributed by atoms with E-state index >= 15 is 0 Å². The van der Waals surface area contributed by atoms with Gasteiger partial charge in [-0.2, -0.15) is 26.3 Å². The molecule has 3 unspecified atom stereocenters. The van der Waals surface area contributed by atoms with Crippen LogP contribution in [0.4, 0.5) is 26.3 Å². The molecule has 3 N–H and O–H groups in total. The van der Waals surface area contributed by atoms with Gasteiger partial charge in [0.2, 0.25) is 5.91 Å². The van der Waals surface area contributed by atoms with Gasteiger partial charge in [0.15, 0.2) is 0 Å². The number of carboxylic acids is 2. The highest BCUT2D eigenvalue weighted by molar-refractivity contribution is 5.80. The average molecular weight is 529 g/mol. The van der Waals surface area contributed by atoms with Gasteiger partial charge in [-0.3, -0.25) is 14.7 Å². The molecule has 9 nitrogen and oxygen atoms in total. The molecule has 2 aliphatic heterocycles. The van der Waals surface area contributed by atoms with E-state index in [1.807, 2.05) is 12.4 Å². The Balaban J connectivity index is 0.000000271. The highest BCUT2D eigenvalue weighted by Crippen LogP contribution is 2.33. The Morgan fingerprint density at radius 2 is 1.53 bits per heavy atom. The van der Waals surface area contributed by atoms with E-state index in [1.54, 1.807) is 0 Å². The molecule has 0 aromatic carbocycles. The van der Waals surface area contributed by atoms with Gasteiger partial charge in [0.1, 0.15) is 0 Å². The standard InChI is InChI=1S/C17H23N3O2.2C2HF3O2/c21-17(19-13-2-1-3-13)15-8-14-10-20(11-16(15)22-14)9-12-4-6-18-7-5-12;2*3-2(4,5)1(6)7/h4-7,13-16H,1-3,8-11H2,(H,19,21);2*(H,6,7). The summed E-state index contributed by atoms with van der Waals surface area (Å²) in [7, 11) is 0. The van der Waals surface area contributed by atoms with Crippen LogP contribution in [0.25, 0.3) is 0 Å². The van der Waals surface area contributed by atoms with Gasteiger partial charge in [-0.1, -0.05) is 0 Å². The van der Waals surface area contributed by atoms with Crippen LogP contribution in [0, 0.1) is 5.92 Å². The second-order valence-corrected chi connectivity index (χ2v) is 8.43. The maximum Gasteiger partial charge on any atom is 0.490 e. The van der Waals surface area contributed by atoms with Crippen LogP contribution >= 0.6 is 0 Å². The van der Waals surface area contributed by atoms with Crippen LogP contribution in [0.15, 0.2) is 24.5 Å². The summed E-state index contributed by atoms with van der Waals surface area (Å²) in [6, 6.07) is 4.52. The molecule has 3 atom stereocenters. The molecule has 3 aliphatic rings. The van der Waals surface area contributed by atoms with E-state index in [-0.39, 0.29) is 24.0 Å². The first kappa shape index (κ1) is 29.3. The zero-order chi connectivity index (χ0) is 27.1.